The number of aromatic nitrogens is 1. The highest BCUT2D eigenvalue weighted by Crippen LogP contribution is 2.44. The number of carboxylic acids is 1. The van der Waals surface area contributed by atoms with Gasteiger partial charge in [-0.3, -0.25) is 0 Å². The predicted molar refractivity (Wildman–Crippen MR) is 90.1 cm³/mol. The average molecular weight is 337 g/mol. The van der Waals surface area contributed by atoms with Gasteiger partial charge >= 0.3 is 5.97 Å². The van der Waals surface area contributed by atoms with Gasteiger partial charge in [-0.1, -0.05) is 17.7 Å². The number of H-pyrrole nitrogens is 1. The molecule has 0 aliphatic heterocycles. The Hall–Kier alpha value is -1.59. The molecular formula is C16H17ClN2O2S. The fourth-order valence-corrected chi connectivity index (χ4v) is 3.80. The first-order valence-corrected chi connectivity index (χ1v) is 8.31. The molecule has 1 aliphatic carbocycles. The van der Waals surface area contributed by atoms with Crippen LogP contribution >= 0.6 is 23.5 Å². The van der Waals surface area contributed by atoms with E-state index in [1.165, 1.54) is 30.4 Å². The van der Waals surface area contributed by atoms with Crippen LogP contribution in [0.2, 0.25) is 5.02 Å². The molecular weight excluding hydrogens is 320 g/mol. The summed E-state index contributed by atoms with van der Waals surface area (Å²) in [4.78, 5) is 15.1. The third-order valence-corrected chi connectivity index (χ3v) is 5.20. The van der Waals surface area contributed by atoms with Crippen LogP contribution in [0.5, 0.6) is 0 Å². The standard InChI is InChI=1S/C16H17ClN2O2S/c1-8-14(16(20)21)15(9(2)18-8)22-19-11-5-6-12(10-3-4-10)13(17)7-11/h5-7,10,18-19H,3-4H2,1-2H3,(H,20,21). The van der Waals surface area contributed by atoms with E-state index in [0.29, 0.717) is 22.1 Å². The number of aromatic carboxylic acids is 1. The van der Waals surface area contributed by atoms with E-state index in [-0.39, 0.29) is 0 Å². The number of hydrogen-bond acceptors (Lipinski definition) is 3. The highest BCUT2D eigenvalue weighted by Gasteiger charge is 2.25. The lowest BCUT2D eigenvalue weighted by Crippen LogP contribution is -2.00. The maximum atomic E-state index is 11.4. The van der Waals surface area contributed by atoms with Crippen molar-refractivity contribution in [1.82, 2.24) is 4.98 Å². The SMILES string of the molecule is Cc1[nH]c(C)c(C(=O)O)c1SNc1ccc(C2CC2)c(Cl)c1. The van der Waals surface area contributed by atoms with Crippen molar-refractivity contribution in [3.8, 4) is 0 Å². The lowest BCUT2D eigenvalue weighted by molar-refractivity contribution is 0.0692. The van der Waals surface area contributed by atoms with Crippen molar-refractivity contribution in [3.05, 3.63) is 45.7 Å². The minimum Gasteiger partial charge on any atom is -0.478 e. The molecule has 3 rings (SSSR count). The lowest BCUT2D eigenvalue weighted by atomic mass is 10.1. The molecule has 1 fully saturated rings. The summed E-state index contributed by atoms with van der Waals surface area (Å²) in [6.07, 6.45) is 2.43. The van der Waals surface area contributed by atoms with E-state index in [9.17, 15) is 9.90 Å². The first-order chi connectivity index (χ1) is 10.5. The third-order valence-electron chi connectivity index (χ3n) is 3.82. The smallest absolute Gasteiger partial charge is 0.338 e. The molecule has 1 aliphatic rings. The van der Waals surface area contributed by atoms with E-state index < -0.39 is 5.97 Å². The summed E-state index contributed by atoms with van der Waals surface area (Å²) in [5, 5.41) is 10.1. The summed E-state index contributed by atoms with van der Waals surface area (Å²) in [6, 6.07) is 5.94. The summed E-state index contributed by atoms with van der Waals surface area (Å²) in [5.41, 5.74) is 3.89. The van der Waals surface area contributed by atoms with Crippen LogP contribution < -0.4 is 4.72 Å². The summed E-state index contributed by atoms with van der Waals surface area (Å²) in [7, 11) is 0. The van der Waals surface area contributed by atoms with Crippen molar-refractivity contribution in [2.75, 3.05) is 4.72 Å². The van der Waals surface area contributed by atoms with Crippen molar-refractivity contribution < 1.29 is 9.90 Å². The molecule has 4 nitrogen and oxygen atoms in total. The van der Waals surface area contributed by atoms with E-state index in [4.69, 9.17) is 11.6 Å². The van der Waals surface area contributed by atoms with Gasteiger partial charge in [0.25, 0.3) is 0 Å². The van der Waals surface area contributed by atoms with Gasteiger partial charge < -0.3 is 14.8 Å². The molecule has 0 bridgehead atoms. The molecule has 0 amide bonds. The molecule has 116 valence electrons. The molecule has 1 heterocycles. The second-order valence-electron chi connectivity index (χ2n) is 5.60. The van der Waals surface area contributed by atoms with E-state index in [2.05, 4.69) is 15.8 Å². The molecule has 1 aromatic carbocycles. The summed E-state index contributed by atoms with van der Waals surface area (Å²) in [6.45, 7) is 3.63. The highest BCUT2D eigenvalue weighted by molar-refractivity contribution is 8.00. The average Bonchev–Trinajstić information content (AvgIpc) is 3.22. The molecule has 0 spiro atoms. The van der Waals surface area contributed by atoms with Crippen LogP contribution in [0, 0.1) is 13.8 Å². The van der Waals surface area contributed by atoms with Crippen LogP contribution in [-0.2, 0) is 0 Å². The van der Waals surface area contributed by atoms with Gasteiger partial charge in [-0.2, -0.15) is 0 Å². The summed E-state index contributed by atoms with van der Waals surface area (Å²) in [5.74, 6) is -0.310. The van der Waals surface area contributed by atoms with Gasteiger partial charge in [0.1, 0.15) is 0 Å². The zero-order valence-corrected chi connectivity index (χ0v) is 13.9. The number of nitrogens with one attached hydrogen (secondary N) is 2. The minimum absolute atomic E-state index is 0.315. The summed E-state index contributed by atoms with van der Waals surface area (Å²) < 4.78 is 3.19. The maximum absolute atomic E-state index is 11.4. The quantitative estimate of drug-likeness (QED) is 0.674. The Kier molecular flexibility index (Phi) is 4.10. The van der Waals surface area contributed by atoms with Gasteiger partial charge in [-0.15, -0.1) is 0 Å². The van der Waals surface area contributed by atoms with Gasteiger partial charge in [0.2, 0.25) is 0 Å². The van der Waals surface area contributed by atoms with Crippen LogP contribution in [0.1, 0.15) is 46.1 Å². The first kappa shape index (κ1) is 15.3. The molecule has 0 atom stereocenters. The number of carboxylic acid groups (broad SMARTS) is 1. The zero-order chi connectivity index (χ0) is 15.9. The first-order valence-electron chi connectivity index (χ1n) is 7.12. The summed E-state index contributed by atoms with van der Waals surface area (Å²) >= 11 is 7.61. The van der Waals surface area contributed by atoms with Crippen LogP contribution in [0.4, 0.5) is 5.69 Å². The Morgan fingerprint density at radius 1 is 1.36 bits per heavy atom. The second kappa shape index (κ2) is 5.89. The fraction of sp³-hybridized carbons (Fsp3) is 0.312. The van der Waals surface area contributed by atoms with Gasteiger partial charge in [0.05, 0.1) is 10.5 Å². The monoisotopic (exact) mass is 336 g/mol. The molecule has 2 aromatic rings. The third kappa shape index (κ3) is 2.96. The number of aryl methyl sites for hydroxylation is 2. The lowest BCUT2D eigenvalue weighted by Gasteiger charge is -2.09. The van der Waals surface area contributed by atoms with E-state index in [1.54, 1.807) is 6.92 Å². The Morgan fingerprint density at radius 3 is 2.68 bits per heavy atom. The van der Waals surface area contributed by atoms with Gasteiger partial charge in [0.15, 0.2) is 0 Å². The largest absolute Gasteiger partial charge is 0.478 e. The molecule has 6 heteroatoms. The van der Waals surface area contributed by atoms with Crippen molar-refractivity contribution in [2.24, 2.45) is 0 Å². The second-order valence-corrected chi connectivity index (χ2v) is 6.82. The Labute approximate surface area is 138 Å². The molecule has 1 saturated carbocycles. The van der Waals surface area contributed by atoms with Gasteiger partial charge in [0, 0.05) is 22.1 Å². The van der Waals surface area contributed by atoms with Crippen LogP contribution in [0.25, 0.3) is 0 Å². The Bertz CT molecular complexity index is 738. The maximum Gasteiger partial charge on any atom is 0.338 e. The van der Waals surface area contributed by atoms with Gasteiger partial charge in [-0.05, 0) is 62.3 Å². The van der Waals surface area contributed by atoms with Gasteiger partial charge in [-0.25, -0.2) is 4.79 Å². The van der Waals surface area contributed by atoms with Crippen molar-refractivity contribution >= 4 is 35.2 Å². The topological polar surface area (TPSA) is 65.1 Å². The van der Waals surface area contributed by atoms with Crippen molar-refractivity contribution in [3.63, 3.8) is 0 Å². The molecule has 0 saturated heterocycles. The van der Waals surface area contributed by atoms with Crippen LogP contribution in [0.3, 0.4) is 0 Å². The van der Waals surface area contributed by atoms with Crippen LogP contribution in [-0.4, -0.2) is 16.1 Å². The molecule has 3 N–H and O–H groups in total. The highest BCUT2D eigenvalue weighted by atomic mass is 35.5. The number of anilines is 1. The number of carbonyl (C=O) groups is 1. The van der Waals surface area contributed by atoms with E-state index in [0.717, 1.165) is 16.4 Å². The van der Waals surface area contributed by atoms with E-state index >= 15 is 0 Å². The normalized spacial score (nSPS) is 14.1. The number of benzene rings is 1. The van der Waals surface area contributed by atoms with Crippen LogP contribution in [0.15, 0.2) is 23.1 Å². The zero-order valence-electron chi connectivity index (χ0n) is 12.4. The van der Waals surface area contributed by atoms with Crippen molar-refractivity contribution in [2.45, 2.75) is 37.5 Å². The minimum atomic E-state index is -0.923. The van der Waals surface area contributed by atoms with Crippen molar-refractivity contribution in [1.29, 1.82) is 0 Å². The number of halogens is 1. The Balaban J connectivity index is 1.78. The van der Waals surface area contributed by atoms with E-state index in [1.807, 2.05) is 19.1 Å². The molecule has 1 aromatic heterocycles. The molecule has 0 unspecified atom stereocenters. The number of hydrogen-bond donors (Lipinski definition) is 3. The fourth-order valence-electron chi connectivity index (χ4n) is 2.57. The number of rotatable bonds is 5. The molecule has 0 radical (unpaired) electrons. The Morgan fingerprint density at radius 2 is 2.09 bits per heavy atom. The number of aromatic amines is 1. The molecule has 22 heavy (non-hydrogen) atoms. The predicted octanol–water partition coefficient (Wildman–Crippen LogP) is 4.98.